The van der Waals surface area contributed by atoms with Gasteiger partial charge in [0.05, 0.1) is 27.9 Å². The van der Waals surface area contributed by atoms with Gasteiger partial charge in [-0.2, -0.15) is 0 Å². The van der Waals surface area contributed by atoms with Crippen molar-refractivity contribution < 1.29 is 14.4 Å². The lowest BCUT2D eigenvalue weighted by Gasteiger charge is -2.32. The van der Waals surface area contributed by atoms with E-state index in [1.54, 1.807) is 18.2 Å². The molecule has 1 saturated heterocycles. The van der Waals surface area contributed by atoms with Crippen molar-refractivity contribution in [1.82, 2.24) is 0 Å². The van der Waals surface area contributed by atoms with E-state index in [1.165, 1.54) is 0 Å². The van der Waals surface area contributed by atoms with Gasteiger partial charge in [-0.3, -0.25) is 0 Å². The third kappa shape index (κ3) is 3.30. The molecule has 0 aliphatic carbocycles. The molecule has 0 aromatic heterocycles. The molecule has 0 unspecified atom stereocenters. The Balaban J connectivity index is 2.33. The minimum Gasteiger partial charge on any atom is -0.400 e. The third-order valence-electron chi connectivity index (χ3n) is 4.06. The molecule has 1 aliphatic heterocycles. The zero-order valence-electron chi connectivity index (χ0n) is 12.6. The molecule has 0 atom stereocenters. The van der Waals surface area contributed by atoms with Gasteiger partial charge in [-0.15, -0.1) is 0 Å². The van der Waals surface area contributed by atoms with Crippen LogP contribution in [-0.4, -0.2) is 30.0 Å². The Kier molecular flexibility index (Phi) is 4.76. The Morgan fingerprint density at radius 3 is 2.29 bits per heavy atom. The molecule has 0 amide bonds. The fourth-order valence-corrected chi connectivity index (χ4v) is 2.38. The fourth-order valence-electron chi connectivity index (χ4n) is 2.01. The molecule has 1 N–H and O–H groups in total. The normalized spacial score (nSPS) is 20.9. The van der Waals surface area contributed by atoms with Crippen LogP contribution in [0.25, 0.3) is 6.08 Å². The van der Waals surface area contributed by atoms with Crippen molar-refractivity contribution in [1.29, 1.82) is 0 Å². The molecular weight excluding hydrogens is 310 g/mol. The predicted molar refractivity (Wildman–Crippen MR) is 87.6 cm³/mol. The molecule has 0 bridgehead atoms. The van der Waals surface area contributed by atoms with E-state index in [9.17, 15) is 5.11 Å². The number of halogens is 2. The highest BCUT2D eigenvalue weighted by Crippen LogP contribution is 2.39. The van der Waals surface area contributed by atoms with Crippen molar-refractivity contribution in [2.24, 2.45) is 0 Å². The van der Waals surface area contributed by atoms with Crippen LogP contribution in [0.2, 0.25) is 10.0 Å². The van der Waals surface area contributed by atoms with Gasteiger partial charge in [0.25, 0.3) is 0 Å². The quantitative estimate of drug-likeness (QED) is 0.852. The summed E-state index contributed by atoms with van der Waals surface area (Å²) >= 11 is 12.2. The number of aliphatic hydroxyl groups excluding tert-OH is 1. The van der Waals surface area contributed by atoms with Crippen molar-refractivity contribution in [2.45, 2.75) is 38.9 Å². The molecule has 21 heavy (non-hydrogen) atoms. The Hall–Kier alpha value is -0.515. The third-order valence-corrected chi connectivity index (χ3v) is 4.89. The van der Waals surface area contributed by atoms with Gasteiger partial charge in [0, 0.05) is 0 Å². The van der Waals surface area contributed by atoms with Crippen molar-refractivity contribution in [3.63, 3.8) is 0 Å². The lowest BCUT2D eigenvalue weighted by Crippen LogP contribution is -2.41. The first-order valence-corrected chi connectivity index (χ1v) is 7.54. The van der Waals surface area contributed by atoms with Crippen LogP contribution in [0.3, 0.4) is 0 Å². The van der Waals surface area contributed by atoms with E-state index >= 15 is 0 Å². The summed E-state index contributed by atoms with van der Waals surface area (Å²) in [5, 5.41) is 10.6. The SMILES string of the molecule is CC1(C)OB(C(=Cc2cccc(Cl)c2Cl)CO)OC1(C)C. The molecule has 0 radical (unpaired) electrons. The zero-order valence-corrected chi connectivity index (χ0v) is 14.1. The van der Waals surface area contributed by atoms with E-state index in [0.29, 0.717) is 15.5 Å². The van der Waals surface area contributed by atoms with Crippen LogP contribution in [0.15, 0.2) is 23.7 Å². The summed E-state index contributed by atoms with van der Waals surface area (Å²) in [7, 11) is -0.602. The first-order valence-electron chi connectivity index (χ1n) is 6.79. The molecule has 1 aliphatic rings. The second-order valence-corrected chi connectivity index (χ2v) is 6.89. The first kappa shape index (κ1) is 16.8. The molecule has 2 rings (SSSR count). The summed E-state index contributed by atoms with van der Waals surface area (Å²) in [5.41, 5.74) is 0.425. The van der Waals surface area contributed by atoms with Crippen molar-refractivity contribution in [3.05, 3.63) is 39.3 Å². The molecule has 0 spiro atoms. The maximum absolute atomic E-state index is 9.64. The van der Waals surface area contributed by atoms with Gasteiger partial charge in [0.1, 0.15) is 0 Å². The standard InChI is InChI=1S/C15H19BCl2O3/c1-14(2)15(3,4)21-16(20-14)11(9-19)8-10-6-5-7-12(17)13(10)18/h5-8,19H,9H2,1-4H3. The van der Waals surface area contributed by atoms with Crippen LogP contribution in [0.4, 0.5) is 0 Å². The smallest absolute Gasteiger partial charge is 0.400 e. The second kappa shape index (κ2) is 5.94. The molecule has 6 heteroatoms. The summed E-state index contributed by atoms with van der Waals surface area (Å²) in [5.74, 6) is 0. The van der Waals surface area contributed by atoms with Gasteiger partial charge < -0.3 is 14.4 Å². The van der Waals surface area contributed by atoms with Gasteiger partial charge in [-0.1, -0.05) is 41.4 Å². The van der Waals surface area contributed by atoms with E-state index in [0.717, 1.165) is 5.56 Å². The predicted octanol–water partition coefficient (Wildman–Crippen LogP) is 4.00. The highest BCUT2D eigenvalue weighted by Gasteiger charge is 2.52. The number of aliphatic hydroxyl groups is 1. The summed E-state index contributed by atoms with van der Waals surface area (Å²) in [6.07, 6.45) is 1.76. The Bertz CT molecular complexity index is 554. The Morgan fingerprint density at radius 1 is 1.19 bits per heavy atom. The largest absolute Gasteiger partial charge is 0.492 e. The highest BCUT2D eigenvalue weighted by molar-refractivity contribution is 6.56. The second-order valence-electron chi connectivity index (χ2n) is 6.11. The average Bonchev–Trinajstić information content (AvgIpc) is 2.60. The van der Waals surface area contributed by atoms with E-state index in [2.05, 4.69) is 0 Å². The first-order chi connectivity index (χ1) is 9.68. The maximum atomic E-state index is 9.64. The van der Waals surface area contributed by atoms with Crippen LogP contribution in [0.1, 0.15) is 33.3 Å². The van der Waals surface area contributed by atoms with Gasteiger partial charge >= 0.3 is 7.12 Å². The summed E-state index contributed by atoms with van der Waals surface area (Å²) < 4.78 is 11.9. The maximum Gasteiger partial charge on any atom is 0.492 e. The molecule has 0 saturated carbocycles. The minimum atomic E-state index is -0.602. The van der Waals surface area contributed by atoms with Crippen LogP contribution in [-0.2, 0) is 9.31 Å². The Morgan fingerprint density at radius 2 is 1.76 bits per heavy atom. The molecule has 1 aromatic rings. The molecule has 3 nitrogen and oxygen atoms in total. The zero-order chi connectivity index (χ0) is 15.8. The minimum absolute atomic E-state index is 0.181. The topological polar surface area (TPSA) is 38.7 Å². The van der Waals surface area contributed by atoms with Crippen LogP contribution in [0, 0.1) is 0 Å². The fraction of sp³-hybridized carbons (Fsp3) is 0.467. The lowest BCUT2D eigenvalue weighted by atomic mass is 9.77. The number of benzene rings is 1. The van der Waals surface area contributed by atoms with E-state index in [1.807, 2.05) is 33.8 Å². The van der Waals surface area contributed by atoms with Gasteiger partial charge in [0.15, 0.2) is 0 Å². The molecule has 1 heterocycles. The highest BCUT2D eigenvalue weighted by atomic mass is 35.5. The van der Waals surface area contributed by atoms with Gasteiger partial charge in [0.2, 0.25) is 0 Å². The lowest BCUT2D eigenvalue weighted by molar-refractivity contribution is 0.00578. The molecule has 114 valence electrons. The number of hydrogen-bond donors (Lipinski definition) is 1. The average molecular weight is 329 g/mol. The molecule has 1 fully saturated rings. The van der Waals surface area contributed by atoms with E-state index in [-0.39, 0.29) is 6.61 Å². The Labute approximate surface area is 136 Å². The van der Waals surface area contributed by atoms with Crippen molar-refractivity contribution in [3.8, 4) is 0 Å². The summed E-state index contributed by atoms with van der Waals surface area (Å²) in [4.78, 5) is 0. The molecular formula is C15H19BCl2O3. The van der Waals surface area contributed by atoms with Crippen LogP contribution >= 0.6 is 23.2 Å². The van der Waals surface area contributed by atoms with E-state index < -0.39 is 18.3 Å². The van der Waals surface area contributed by atoms with Crippen molar-refractivity contribution in [2.75, 3.05) is 6.61 Å². The molecule has 1 aromatic carbocycles. The van der Waals surface area contributed by atoms with Crippen LogP contribution < -0.4 is 0 Å². The van der Waals surface area contributed by atoms with Gasteiger partial charge in [-0.05, 0) is 44.8 Å². The number of rotatable bonds is 3. The van der Waals surface area contributed by atoms with E-state index in [4.69, 9.17) is 32.5 Å². The summed E-state index contributed by atoms with van der Waals surface area (Å²) in [6, 6.07) is 5.35. The van der Waals surface area contributed by atoms with Crippen molar-refractivity contribution >= 4 is 36.4 Å². The monoisotopic (exact) mass is 328 g/mol. The van der Waals surface area contributed by atoms with Crippen LogP contribution in [0.5, 0.6) is 0 Å². The summed E-state index contributed by atoms with van der Waals surface area (Å²) in [6.45, 7) is 7.69. The van der Waals surface area contributed by atoms with Gasteiger partial charge in [-0.25, -0.2) is 0 Å². The number of hydrogen-bond acceptors (Lipinski definition) is 3.